The van der Waals surface area contributed by atoms with E-state index in [4.69, 9.17) is 9.97 Å². The van der Waals surface area contributed by atoms with Gasteiger partial charge in [-0.15, -0.1) is 64.5 Å². The van der Waals surface area contributed by atoms with E-state index in [9.17, 15) is 0 Å². The van der Waals surface area contributed by atoms with Gasteiger partial charge >= 0.3 is 21.1 Å². The van der Waals surface area contributed by atoms with Crippen LogP contribution in [-0.2, 0) is 31.9 Å². The Kier molecular flexibility index (Phi) is 7.30. The first-order valence-electron chi connectivity index (χ1n) is 12.1. The van der Waals surface area contributed by atoms with Gasteiger partial charge in [0.15, 0.2) is 0 Å². The van der Waals surface area contributed by atoms with E-state index in [1.807, 2.05) is 12.1 Å². The first-order chi connectivity index (χ1) is 16.7. The molecule has 0 aliphatic heterocycles. The average Bonchev–Trinajstić information content (AvgIpc) is 2.88. The van der Waals surface area contributed by atoms with Crippen LogP contribution in [0.1, 0.15) is 51.6 Å². The molecule has 0 amide bonds. The zero-order chi connectivity index (χ0) is 24.6. The molecule has 2 heterocycles. The van der Waals surface area contributed by atoms with Crippen molar-refractivity contribution in [3.63, 3.8) is 0 Å². The molecule has 0 saturated heterocycles. The minimum absolute atomic E-state index is 0. The molecule has 0 saturated carbocycles. The molecule has 0 radical (unpaired) electrons. The van der Waals surface area contributed by atoms with Crippen molar-refractivity contribution in [2.75, 3.05) is 0 Å². The molecular weight excluding hydrogens is 619 g/mol. The molecule has 3 aromatic carbocycles. The molecule has 0 spiro atoms. The Morgan fingerprint density at radius 1 is 0.639 bits per heavy atom. The molecule has 0 atom stereocenters. The Morgan fingerprint density at radius 3 is 2.00 bits per heavy atom. The maximum atomic E-state index is 5.11. The average molecular weight is 650 g/mol. The molecule has 182 valence electrons. The van der Waals surface area contributed by atoms with Crippen molar-refractivity contribution in [3.8, 4) is 22.5 Å². The van der Waals surface area contributed by atoms with Crippen molar-refractivity contribution in [2.45, 2.75) is 45.4 Å². The van der Waals surface area contributed by atoms with Gasteiger partial charge in [-0.3, -0.25) is 0 Å². The molecule has 2 aromatic heterocycles. The summed E-state index contributed by atoms with van der Waals surface area (Å²) in [5, 5.41) is 2.35. The predicted octanol–water partition coefficient (Wildman–Crippen LogP) is 8.19. The Bertz CT molecular complexity index is 1510. The Balaban J connectivity index is 0.00000304. The van der Waals surface area contributed by atoms with Crippen LogP contribution < -0.4 is 0 Å². The summed E-state index contributed by atoms with van der Waals surface area (Å²) < 4.78 is 0. The SMILES string of the molecule is CC(C)(C)c1cc[c-]c(-c2cccc(C(C)(C)c3cccc(-c4[c-]ccc5ccccc45)n3)n2)c1.[Pt+2]. The molecule has 0 N–H and O–H groups in total. The second kappa shape index (κ2) is 10.1. The molecule has 0 fully saturated rings. The third kappa shape index (κ3) is 5.06. The Hall–Kier alpha value is -3.09. The van der Waals surface area contributed by atoms with Gasteiger partial charge in [-0.1, -0.05) is 74.7 Å². The minimum Gasteiger partial charge on any atom is -0.300 e. The molecular formula is C33H30N2Pt. The van der Waals surface area contributed by atoms with Gasteiger partial charge in [0.2, 0.25) is 0 Å². The van der Waals surface area contributed by atoms with E-state index in [0.29, 0.717) is 0 Å². The summed E-state index contributed by atoms with van der Waals surface area (Å²) in [6.45, 7) is 11.1. The maximum Gasteiger partial charge on any atom is 2.00 e. The molecule has 5 rings (SSSR count). The molecule has 3 heteroatoms. The number of fused-ring (bicyclic) bond motifs is 1. The summed E-state index contributed by atoms with van der Waals surface area (Å²) in [5.74, 6) is 0. The third-order valence-corrected chi connectivity index (χ3v) is 6.70. The molecule has 36 heavy (non-hydrogen) atoms. The summed E-state index contributed by atoms with van der Waals surface area (Å²) >= 11 is 0. The smallest absolute Gasteiger partial charge is 0.300 e. The van der Waals surface area contributed by atoms with Gasteiger partial charge in [0.1, 0.15) is 0 Å². The van der Waals surface area contributed by atoms with Gasteiger partial charge in [-0.05, 0) is 42.8 Å². The number of benzene rings is 3. The van der Waals surface area contributed by atoms with Crippen LogP contribution >= 0.6 is 0 Å². The fourth-order valence-electron chi connectivity index (χ4n) is 4.44. The van der Waals surface area contributed by atoms with Crippen LogP contribution in [0.2, 0.25) is 0 Å². The largest absolute Gasteiger partial charge is 2.00 e. The number of hydrogen-bond donors (Lipinski definition) is 0. The first-order valence-corrected chi connectivity index (χ1v) is 12.1. The number of rotatable bonds is 4. The van der Waals surface area contributed by atoms with Crippen molar-refractivity contribution in [1.82, 2.24) is 9.97 Å². The maximum absolute atomic E-state index is 5.11. The fourth-order valence-corrected chi connectivity index (χ4v) is 4.44. The van der Waals surface area contributed by atoms with E-state index in [2.05, 4.69) is 126 Å². The van der Waals surface area contributed by atoms with Crippen LogP contribution in [0.3, 0.4) is 0 Å². The Morgan fingerprint density at radius 2 is 1.28 bits per heavy atom. The van der Waals surface area contributed by atoms with Crippen LogP contribution in [-0.4, -0.2) is 9.97 Å². The second-order valence-corrected chi connectivity index (χ2v) is 10.6. The van der Waals surface area contributed by atoms with Crippen molar-refractivity contribution in [2.24, 2.45) is 0 Å². The van der Waals surface area contributed by atoms with Gasteiger partial charge < -0.3 is 9.97 Å². The molecule has 0 aliphatic carbocycles. The summed E-state index contributed by atoms with van der Waals surface area (Å²) in [6, 6.07) is 38.1. The van der Waals surface area contributed by atoms with Gasteiger partial charge in [0.25, 0.3) is 0 Å². The number of aromatic nitrogens is 2. The normalized spacial score (nSPS) is 11.8. The molecule has 0 unspecified atom stereocenters. The first kappa shape index (κ1) is 26.0. The van der Waals surface area contributed by atoms with E-state index < -0.39 is 0 Å². The predicted molar refractivity (Wildman–Crippen MR) is 145 cm³/mol. The fraction of sp³-hybridized carbons (Fsp3) is 0.212. The summed E-state index contributed by atoms with van der Waals surface area (Å²) in [4.78, 5) is 10.2. The van der Waals surface area contributed by atoms with Crippen molar-refractivity contribution < 1.29 is 21.1 Å². The van der Waals surface area contributed by atoms with Crippen molar-refractivity contribution in [3.05, 3.63) is 120 Å². The van der Waals surface area contributed by atoms with E-state index >= 15 is 0 Å². The summed E-state index contributed by atoms with van der Waals surface area (Å²) in [6.07, 6.45) is 0. The van der Waals surface area contributed by atoms with E-state index in [0.717, 1.165) is 39.3 Å². The van der Waals surface area contributed by atoms with Gasteiger partial charge in [-0.2, -0.15) is 0 Å². The summed E-state index contributed by atoms with van der Waals surface area (Å²) in [5.41, 5.74) is 6.83. The van der Waals surface area contributed by atoms with E-state index in [-0.39, 0.29) is 31.9 Å². The van der Waals surface area contributed by atoms with E-state index in [1.165, 1.54) is 10.9 Å². The van der Waals surface area contributed by atoms with Gasteiger partial charge in [0, 0.05) is 16.8 Å². The van der Waals surface area contributed by atoms with Crippen LogP contribution in [0.5, 0.6) is 0 Å². The molecule has 0 aliphatic rings. The van der Waals surface area contributed by atoms with Crippen LogP contribution in [0.4, 0.5) is 0 Å². The third-order valence-electron chi connectivity index (χ3n) is 6.70. The second-order valence-electron chi connectivity index (χ2n) is 10.6. The zero-order valence-electron chi connectivity index (χ0n) is 21.4. The number of pyridine rings is 2. The monoisotopic (exact) mass is 649 g/mol. The molecule has 5 aromatic rings. The van der Waals surface area contributed by atoms with Crippen LogP contribution in [0.25, 0.3) is 33.3 Å². The molecule has 2 nitrogen and oxygen atoms in total. The van der Waals surface area contributed by atoms with Crippen molar-refractivity contribution >= 4 is 10.8 Å². The quantitative estimate of drug-likeness (QED) is 0.184. The standard InChI is InChI=1S/C33H30N2.Pt/c1-32(2,3)25-15-8-14-24(22-25)28-18-10-20-30(34-28)33(4,5)31-21-11-19-29(35-31)27-17-9-13-23-12-6-7-16-26(23)27;/h6-13,15-16,18-22H,1-5H3;/q-2;+2. The van der Waals surface area contributed by atoms with Crippen LogP contribution in [0, 0.1) is 12.1 Å². The zero-order valence-corrected chi connectivity index (χ0v) is 23.6. The topological polar surface area (TPSA) is 25.8 Å². The Labute approximate surface area is 229 Å². The number of hydrogen-bond acceptors (Lipinski definition) is 2. The van der Waals surface area contributed by atoms with Gasteiger partial charge in [0.05, 0.1) is 0 Å². The van der Waals surface area contributed by atoms with Gasteiger partial charge in [-0.25, -0.2) is 0 Å². The molecule has 0 bridgehead atoms. The van der Waals surface area contributed by atoms with Crippen LogP contribution in [0.15, 0.2) is 91.0 Å². The minimum atomic E-state index is -0.377. The van der Waals surface area contributed by atoms with Crippen molar-refractivity contribution in [1.29, 1.82) is 0 Å². The number of nitrogens with zero attached hydrogens (tertiary/aromatic N) is 2. The summed E-state index contributed by atoms with van der Waals surface area (Å²) in [7, 11) is 0. The van der Waals surface area contributed by atoms with E-state index in [1.54, 1.807) is 0 Å².